The summed E-state index contributed by atoms with van der Waals surface area (Å²) < 4.78 is 10.4. The molecule has 0 radical (unpaired) electrons. The lowest BCUT2D eigenvalue weighted by molar-refractivity contribution is 0.0598. The van der Waals surface area contributed by atoms with Crippen molar-refractivity contribution < 1.29 is 13.9 Å². The molecule has 2 aromatic rings. The van der Waals surface area contributed by atoms with Gasteiger partial charge >= 0.3 is 5.97 Å². The highest BCUT2D eigenvalue weighted by atomic mass is 16.5. The van der Waals surface area contributed by atoms with E-state index in [4.69, 9.17) is 14.4 Å². The zero-order valence-electron chi connectivity index (χ0n) is 11.0. The van der Waals surface area contributed by atoms with Gasteiger partial charge in [-0.05, 0) is 38.1 Å². The van der Waals surface area contributed by atoms with Gasteiger partial charge in [-0.2, -0.15) is 5.26 Å². The number of esters is 1. The Labute approximate surface area is 111 Å². The Hall–Kier alpha value is -2.54. The number of methoxy groups -OCH3 is 1. The number of nitriles is 1. The molecule has 0 N–H and O–H groups in total. The van der Waals surface area contributed by atoms with Gasteiger partial charge in [0.2, 0.25) is 0 Å². The molecule has 0 bridgehead atoms. The Morgan fingerprint density at radius 3 is 2.42 bits per heavy atom. The van der Waals surface area contributed by atoms with E-state index in [1.54, 1.807) is 31.2 Å². The summed E-state index contributed by atoms with van der Waals surface area (Å²) in [6.07, 6.45) is 0. The number of ether oxygens (including phenoxy) is 1. The third kappa shape index (κ3) is 2.23. The van der Waals surface area contributed by atoms with Crippen LogP contribution in [0.1, 0.15) is 27.2 Å². The molecule has 0 saturated heterocycles. The van der Waals surface area contributed by atoms with Crippen LogP contribution in [0.25, 0.3) is 11.3 Å². The number of furan rings is 1. The standard InChI is InChI=1S/C15H13NO3/c1-9-13(15(17)18-3)10(2)19-14(9)12-6-4-11(8-16)5-7-12/h4-7H,1-3H3. The third-order valence-corrected chi connectivity index (χ3v) is 2.99. The van der Waals surface area contributed by atoms with Crippen molar-refractivity contribution in [3.63, 3.8) is 0 Å². The van der Waals surface area contributed by atoms with Crippen molar-refractivity contribution in [3.05, 3.63) is 46.7 Å². The molecule has 96 valence electrons. The van der Waals surface area contributed by atoms with Crippen LogP contribution in [-0.4, -0.2) is 13.1 Å². The molecule has 0 spiro atoms. The van der Waals surface area contributed by atoms with Crippen LogP contribution in [0.3, 0.4) is 0 Å². The van der Waals surface area contributed by atoms with Crippen LogP contribution in [0.15, 0.2) is 28.7 Å². The van der Waals surface area contributed by atoms with Crippen LogP contribution in [0.4, 0.5) is 0 Å². The highest BCUT2D eigenvalue weighted by molar-refractivity contribution is 5.94. The molecule has 1 aromatic heterocycles. The number of hydrogen-bond acceptors (Lipinski definition) is 4. The normalized spacial score (nSPS) is 10.0. The number of carbonyl (C=O) groups excluding carboxylic acids is 1. The van der Waals surface area contributed by atoms with Gasteiger partial charge < -0.3 is 9.15 Å². The van der Waals surface area contributed by atoms with E-state index in [-0.39, 0.29) is 0 Å². The fourth-order valence-electron chi connectivity index (χ4n) is 2.03. The largest absolute Gasteiger partial charge is 0.465 e. The van der Waals surface area contributed by atoms with E-state index in [0.29, 0.717) is 22.6 Å². The zero-order chi connectivity index (χ0) is 14.0. The van der Waals surface area contributed by atoms with Crippen LogP contribution >= 0.6 is 0 Å². The monoisotopic (exact) mass is 255 g/mol. The highest BCUT2D eigenvalue weighted by Crippen LogP contribution is 2.31. The lowest BCUT2D eigenvalue weighted by atomic mass is 10.0. The zero-order valence-corrected chi connectivity index (χ0v) is 11.0. The van der Waals surface area contributed by atoms with Crippen molar-refractivity contribution in [1.29, 1.82) is 5.26 Å². The van der Waals surface area contributed by atoms with Gasteiger partial charge in [-0.15, -0.1) is 0 Å². The first-order valence-corrected chi connectivity index (χ1v) is 5.77. The molecule has 0 unspecified atom stereocenters. The topological polar surface area (TPSA) is 63.2 Å². The second-order valence-electron chi connectivity index (χ2n) is 4.17. The Morgan fingerprint density at radius 1 is 1.26 bits per heavy atom. The summed E-state index contributed by atoms with van der Waals surface area (Å²) in [7, 11) is 1.34. The van der Waals surface area contributed by atoms with E-state index in [2.05, 4.69) is 6.07 Å². The Morgan fingerprint density at radius 2 is 1.89 bits per heavy atom. The predicted molar refractivity (Wildman–Crippen MR) is 69.7 cm³/mol. The van der Waals surface area contributed by atoms with Gasteiger partial charge in [0.25, 0.3) is 0 Å². The summed E-state index contributed by atoms with van der Waals surface area (Å²) >= 11 is 0. The fraction of sp³-hybridized carbons (Fsp3) is 0.200. The molecule has 1 heterocycles. The van der Waals surface area contributed by atoms with Gasteiger partial charge in [0.15, 0.2) is 0 Å². The minimum absolute atomic E-state index is 0.404. The predicted octanol–water partition coefficient (Wildman–Crippen LogP) is 3.22. The number of benzene rings is 1. The SMILES string of the molecule is COC(=O)c1c(C)oc(-c2ccc(C#N)cc2)c1C. The molecular weight excluding hydrogens is 242 g/mol. The van der Waals surface area contributed by atoms with Gasteiger partial charge in [-0.3, -0.25) is 0 Å². The molecule has 0 aliphatic rings. The van der Waals surface area contributed by atoms with Crippen LogP contribution < -0.4 is 0 Å². The number of carbonyl (C=O) groups is 1. The quantitative estimate of drug-likeness (QED) is 0.773. The number of hydrogen-bond donors (Lipinski definition) is 0. The summed E-state index contributed by atoms with van der Waals surface area (Å²) in [5.41, 5.74) is 2.61. The summed E-state index contributed by atoms with van der Waals surface area (Å²) in [6, 6.07) is 9.08. The molecule has 0 saturated carbocycles. The van der Waals surface area contributed by atoms with Crippen molar-refractivity contribution in [1.82, 2.24) is 0 Å². The van der Waals surface area contributed by atoms with Gasteiger partial charge in [0, 0.05) is 11.1 Å². The van der Waals surface area contributed by atoms with Crippen LogP contribution in [0.2, 0.25) is 0 Å². The first kappa shape index (κ1) is 12.9. The summed E-state index contributed by atoms with van der Waals surface area (Å²) in [5, 5.41) is 8.77. The van der Waals surface area contributed by atoms with Gasteiger partial charge in [-0.25, -0.2) is 4.79 Å². The van der Waals surface area contributed by atoms with Crippen LogP contribution in [0.5, 0.6) is 0 Å². The maximum Gasteiger partial charge on any atom is 0.341 e. The molecule has 0 aliphatic heterocycles. The smallest absolute Gasteiger partial charge is 0.341 e. The molecule has 0 amide bonds. The Kier molecular flexibility index (Phi) is 3.39. The molecule has 0 atom stereocenters. The average Bonchev–Trinajstić information content (AvgIpc) is 2.73. The Bertz CT molecular complexity index is 660. The second-order valence-corrected chi connectivity index (χ2v) is 4.17. The molecule has 1 aromatic carbocycles. The maximum absolute atomic E-state index is 11.7. The number of aryl methyl sites for hydroxylation is 1. The van der Waals surface area contributed by atoms with Crippen molar-refractivity contribution in [3.8, 4) is 17.4 Å². The van der Waals surface area contributed by atoms with Crippen LogP contribution in [0, 0.1) is 25.2 Å². The van der Waals surface area contributed by atoms with Gasteiger partial charge in [0.05, 0.1) is 18.7 Å². The van der Waals surface area contributed by atoms with Gasteiger partial charge in [0.1, 0.15) is 17.1 Å². The molecule has 2 rings (SSSR count). The summed E-state index contributed by atoms with van der Waals surface area (Å²) in [6.45, 7) is 3.54. The maximum atomic E-state index is 11.7. The summed E-state index contributed by atoms with van der Waals surface area (Å²) in [5.74, 6) is 0.754. The van der Waals surface area contributed by atoms with E-state index in [1.807, 2.05) is 6.92 Å². The van der Waals surface area contributed by atoms with Crippen molar-refractivity contribution in [2.75, 3.05) is 7.11 Å². The van der Waals surface area contributed by atoms with E-state index < -0.39 is 5.97 Å². The minimum atomic E-state index is -0.404. The van der Waals surface area contributed by atoms with Gasteiger partial charge in [-0.1, -0.05) is 0 Å². The van der Waals surface area contributed by atoms with E-state index in [9.17, 15) is 4.79 Å². The average molecular weight is 255 g/mol. The lowest BCUT2D eigenvalue weighted by Crippen LogP contribution is -2.03. The second kappa shape index (κ2) is 4.99. The first-order valence-electron chi connectivity index (χ1n) is 5.77. The van der Waals surface area contributed by atoms with E-state index in [1.165, 1.54) is 7.11 Å². The lowest BCUT2D eigenvalue weighted by Gasteiger charge is -2.00. The third-order valence-electron chi connectivity index (χ3n) is 2.99. The molecular formula is C15H13NO3. The number of rotatable bonds is 2. The first-order chi connectivity index (χ1) is 9.08. The fourth-order valence-corrected chi connectivity index (χ4v) is 2.03. The highest BCUT2D eigenvalue weighted by Gasteiger charge is 2.21. The van der Waals surface area contributed by atoms with Crippen molar-refractivity contribution in [2.45, 2.75) is 13.8 Å². The van der Waals surface area contributed by atoms with E-state index >= 15 is 0 Å². The molecule has 0 aliphatic carbocycles. The molecule has 4 nitrogen and oxygen atoms in total. The molecule has 0 fully saturated rings. The summed E-state index contributed by atoms with van der Waals surface area (Å²) in [4.78, 5) is 11.7. The minimum Gasteiger partial charge on any atom is -0.465 e. The number of nitrogens with zero attached hydrogens (tertiary/aromatic N) is 1. The Balaban J connectivity index is 2.52. The molecule has 4 heteroatoms. The van der Waals surface area contributed by atoms with Crippen LogP contribution in [-0.2, 0) is 4.74 Å². The van der Waals surface area contributed by atoms with Crippen molar-refractivity contribution >= 4 is 5.97 Å². The van der Waals surface area contributed by atoms with Crippen molar-refractivity contribution in [2.24, 2.45) is 0 Å². The molecule has 19 heavy (non-hydrogen) atoms. The van der Waals surface area contributed by atoms with E-state index in [0.717, 1.165) is 11.1 Å².